The molecule has 2 aromatic rings. The van der Waals surface area contributed by atoms with Crippen molar-refractivity contribution >= 4 is 35.9 Å². The normalized spacial score (nSPS) is 15.3. The van der Waals surface area contributed by atoms with Crippen molar-refractivity contribution in [2.75, 3.05) is 41.5 Å². The largest absolute Gasteiger partial charge is 0.497 e. The van der Waals surface area contributed by atoms with E-state index in [1.807, 2.05) is 30.3 Å². The minimum atomic E-state index is -0.593. The number of likely N-dealkylation sites (tertiary alicyclic amines) is 1. The van der Waals surface area contributed by atoms with Gasteiger partial charge in [-0.15, -0.1) is 12.4 Å². The number of carbonyl (C=O) groups excluding carboxylic acids is 2. The molecule has 0 spiro atoms. The number of esters is 1. The molecule has 1 aliphatic heterocycles. The number of ether oxygens (including phenoxy) is 3. The van der Waals surface area contributed by atoms with Crippen LogP contribution in [-0.2, 0) is 14.3 Å². The number of halogens is 1. The van der Waals surface area contributed by atoms with Crippen molar-refractivity contribution in [2.24, 2.45) is 0 Å². The number of rotatable bonds is 8. The van der Waals surface area contributed by atoms with E-state index in [-0.39, 0.29) is 35.5 Å². The van der Waals surface area contributed by atoms with E-state index in [1.54, 1.807) is 45.4 Å². The monoisotopic (exact) mass is 514 g/mol. The van der Waals surface area contributed by atoms with Gasteiger partial charge in [0.15, 0.2) is 0 Å². The zero-order valence-electron chi connectivity index (χ0n) is 21.5. The standard InChI is InChI=1S/C28H34N2O5.ClH/c1-19(21-16-23(33-3)18-24(17-21)34-4)26(28(32)35-5)25(15-20-9-7-6-8-10-20)27(31)29-22-11-13-30(2)14-12-22;/h6-10,15-18,22H,11-14H2,1-5H3,(H,29,31);1H/b25-15+,26-19-;. The Morgan fingerprint density at radius 1 is 0.972 bits per heavy atom. The average Bonchev–Trinajstić information content (AvgIpc) is 2.89. The molecule has 2 aromatic carbocycles. The SMILES string of the molecule is COC(=O)C(=C(/C)c1cc(OC)cc(OC)c1)/C(=C\c1ccccc1)C(=O)NC1CCN(C)CC1.Cl. The third kappa shape index (κ3) is 7.35. The number of amides is 1. The lowest BCUT2D eigenvalue weighted by molar-refractivity contribution is -0.136. The van der Waals surface area contributed by atoms with Crippen molar-refractivity contribution in [1.82, 2.24) is 10.2 Å². The molecule has 7 nitrogen and oxygen atoms in total. The molecule has 0 aromatic heterocycles. The molecular weight excluding hydrogens is 480 g/mol. The molecule has 1 amide bonds. The Morgan fingerprint density at radius 3 is 2.08 bits per heavy atom. The van der Waals surface area contributed by atoms with Crippen molar-refractivity contribution in [3.63, 3.8) is 0 Å². The van der Waals surface area contributed by atoms with E-state index in [1.165, 1.54) is 7.11 Å². The van der Waals surface area contributed by atoms with E-state index in [4.69, 9.17) is 14.2 Å². The first-order chi connectivity index (χ1) is 16.9. The molecule has 0 aliphatic carbocycles. The Bertz CT molecular complexity index is 1080. The number of hydrogen-bond donors (Lipinski definition) is 1. The van der Waals surface area contributed by atoms with E-state index in [9.17, 15) is 9.59 Å². The topological polar surface area (TPSA) is 77.1 Å². The molecule has 0 atom stereocenters. The molecule has 194 valence electrons. The third-order valence-corrected chi connectivity index (χ3v) is 6.23. The third-order valence-electron chi connectivity index (χ3n) is 6.23. The van der Waals surface area contributed by atoms with Gasteiger partial charge in [-0.2, -0.15) is 0 Å². The fourth-order valence-corrected chi connectivity index (χ4v) is 4.12. The summed E-state index contributed by atoms with van der Waals surface area (Å²) in [7, 11) is 6.52. The molecule has 0 saturated carbocycles. The number of methoxy groups -OCH3 is 3. The van der Waals surface area contributed by atoms with Gasteiger partial charge >= 0.3 is 5.97 Å². The summed E-state index contributed by atoms with van der Waals surface area (Å²) < 4.78 is 16.0. The van der Waals surface area contributed by atoms with Gasteiger partial charge in [0.05, 0.1) is 32.5 Å². The van der Waals surface area contributed by atoms with Gasteiger partial charge in [0.2, 0.25) is 0 Å². The minimum absolute atomic E-state index is 0. The number of nitrogens with zero attached hydrogens (tertiary/aromatic N) is 1. The van der Waals surface area contributed by atoms with Crippen LogP contribution in [0.3, 0.4) is 0 Å². The molecular formula is C28H35ClN2O5. The molecule has 36 heavy (non-hydrogen) atoms. The molecule has 1 heterocycles. The van der Waals surface area contributed by atoms with Gasteiger partial charge in [0.25, 0.3) is 5.91 Å². The number of nitrogens with one attached hydrogen (secondary N) is 1. The first-order valence-corrected chi connectivity index (χ1v) is 11.7. The fraction of sp³-hybridized carbons (Fsp3) is 0.357. The van der Waals surface area contributed by atoms with Crippen molar-refractivity contribution in [1.29, 1.82) is 0 Å². The second kappa shape index (κ2) is 13.7. The Kier molecular flexibility index (Phi) is 11.0. The summed E-state index contributed by atoms with van der Waals surface area (Å²) in [4.78, 5) is 29.0. The maximum Gasteiger partial charge on any atom is 0.338 e. The van der Waals surface area contributed by atoms with Crippen molar-refractivity contribution in [3.05, 3.63) is 70.8 Å². The molecule has 3 rings (SSSR count). The van der Waals surface area contributed by atoms with Gasteiger partial charge < -0.3 is 24.4 Å². The first-order valence-electron chi connectivity index (χ1n) is 11.7. The van der Waals surface area contributed by atoms with E-state index in [0.29, 0.717) is 22.6 Å². The summed E-state index contributed by atoms with van der Waals surface area (Å²) in [6.07, 6.45) is 3.44. The van der Waals surface area contributed by atoms with Crippen molar-refractivity contribution in [2.45, 2.75) is 25.8 Å². The minimum Gasteiger partial charge on any atom is -0.497 e. The summed E-state index contributed by atoms with van der Waals surface area (Å²) in [5, 5.41) is 3.15. The quantitative estimate of drug-likeness (QED) is 0.320. The highest BCUT2D eigenvalue weighted by Gasteiger charge is 2.27. The van der Waals surface area contributed by atoms with Gasteiger partial charge in [0, 0.05) is 12.1 Å². The van der Waals surface area contributed by atoms with Crippen LogP contribution in [-0.4, -0.2) is 64.3 Å². The van der Waals surface area contributed by atoms with Gasteiger partial charge in [-0.3, -0.25) is 4.79 Å². The molecule has 0 radical (unpaired) electrons. The highest BCUT2D eigenvalue weighted by atomic mass is 35.5. The predicted molar refractivity (Wildman–Crippen MR) is 144 cm³/mol. The number of allylic oxidation sites excluding steroid dienone is 1. The maximum atomic E-state index is 13.7. The fourth-order valence-electron chi connectivity index (χ4n) is 4.12. The van der Waals surface area contributed by atoms with E-state index in [0.717, 1.165) is 31.5 Å². The summed E-state index contributed by atoms with van der Waals surface area (Å²) in [6, 6.07) is 14.9. The molecule has 0 unspecified atom stereocenters. The lowest BCUT2D eigenvalue weighted by atomic mass is 9.92. The number of carbonyl (C=O) groups is 2. The van der Waals surface area contributed by atoms with Crippen LogP contribution in [0.5, 0.6) is 11.5 Å². The Balaban J connectivity index is 0.00000456. The molecule has 1 fully saturated rings. The Labute approximate surface area is 219 Å². The smallest absolute Gasteiger partial charge is 0.338 e. The molecule has 1 N–H and O–H groups in total. The average molecular weight is 515 g/mol. The lowest BCUT2D eigenvalue weighted by Crippen LogP contribution is -2.44. The zero-order valence-corrected chi connectivity index (χ0v) is 22.3. The predicted octanol–water partition coefficient (Wildman–Crippen LogP) is 4.37. The summed E-state index contributed by atoms with van der Waals surface area (Å²) in [5.41, 5.74) is 2.51. The lowest BCUT2D eigenvalue weighted by Gasteiger charge is -2.30. The number of hydrogen-bond acceptors (Lipinski definition) is 6. The van der Waals surface area contributed by atoms with Crippen LogP contribution in [0.2, 0.25) is 0 Å². The first kappa shape index (κ1) is 28.9. The van der Waals surface area contributed by atoms with Crippen LogP contribution < -0.4 is 14.8 Å². The summed E-state index contributed by atoms with van der Waals surface area (Å²) >= 11 is 0. The highest BCUT2D eigenvalue weighted by Crippen LogP contribution is 2.32. The van der Waals surface area contributed by atoms with Gasteiger partial charge in [-0.1, -0.05) is 30.3 Å². The van der Waals surface area contributed by atoms with Crippen LogP contribution in [0.4, 0.5) is 0 Å². The van der Waals surface area contributed by atoms with Crippen LogP contribution in [0.15, 0.2) is 59.7 Å². The van der Waals surface area contributed by atoms with Crippen LogP contribution in [0.25, 0.3) is 11.6 Å². The molecule has 1 aliphatic rings. The zero-order chi connectivity index (χ0) is 25.4. The summed E-state index contributed by atoms with van der Waals surface area (Å²) in [5.74, 6) is 0.252. The number of piperidine rings is 1. The second-order valence-corrected chi connectivity index (χ2v) is 8.61. The second-order valence-electron chi connectivity index (χ2n) is 8.61. The van der Waals surface area contributed by atoms with Crippen LogP contribution >= 0.6 is 12.4 Å². The van der Waals surface area contributed by atoms with Crippen molar-refractivity contribution in [3.8, 4) is 11.5 Å². The van der Waals surface area contributed by atoms with E-state index >= 15 is 0 Å². The Hall–Kier alpha value is -3.29. The molecule has 0 bridgehead atoms. The Morgan fingerprint density at radius 2 is 1.56 bits per heavy atom. The molecule has 8 heteroatoms. The van der Waals surface area contributed by atoms with Gasteiger partial charge in [-0.25, -0.2) is 4.79 Å². The van der Waals surface area contributed by atoms with Gasteiger partial charge in [0.1, 0.15) is 11.5 Å². The van der Waals surface area contributed by atoms with Gasteiger partial charge in [-0.05, 0) is 74.8 Å². The summed E-state index contributed by atoms with van der Waals surface area (Å²) in [6.45, 7) is 3.61. The maximum absolute atomic E-state index is 13.7. The highest BCUT2D eigenvalue weighted by molar-refractivity contribution is 6.16. The van der Waals surface area contributed by atoms with E-state index < -0.39 is 5.97 Å². The van der Waals surface area contributed by atoms with E-state index in [2.05, 4.69) is 17.3 Å². The van der Waals surface area contributed by atoms with Crippen LogP contribution in [0.1, 0.15) is 30.9 Å². The molecule has 1 saturated heterocycles. The van der Waals surface area contributed by atoms with Crippen molar-refractivity contribution < 1.29 is 23.8 Å². The number of benzene rings is 2. The van der Waals surface area contributed by atoms with Crippen LogP contribution in [0, 0.1) is 0 Å².